The number of carbonyl (C=O) groups excluding carboxylic acids is 1. The smallest absolute Gasteiger partial charge is 0.259 e. The minimum Gasteiger partial charge on any atom is -0.421 e. The van der Waals surface area contributed by atoms with Gasteiger partial charge in [-0.2, -0.15) is 0 Å². The maximum atomic E-state index is 12.5. The van der Waals surface area contributed by atoms with Gasteiger partial charge in [-0.1, -0.05) is 19.9 Å². The van der Waals surface area contributed by atoms with Crippen molar-refractivity contribution in [2.24, 2.45) is 0 Å². The number of hydrogen-bond donors (Lipinski definition) is 1. The van der Waals surface area contributed by atoms with Crippen LogP contribution >= 0.6 is 0 Å². The molecule has 1 aromatic carbocycles. The van der Waals surface area contributed by atoms with Crippen LogP contribution in [0.15, 0.2) is 41.2 Å². The van der Waals surface area contributed by atoms with Crippen molar-refractivity contribution in [3.05, 3.63) is 53.9 Å². The minimum atomic E-state index is -0.252. The number of nitrogens with one attached hydrogen (secondary N) is 1. The first-order chi connectivity index (χ1) is 11.5. The second-order valence-corrected chi connectivity index (χ2v) is 5.64. The number of anilines is 1. The van der Waals surface area contributed by atoms with Crippen molar-refractivity contribution in [3.8, 4) is 11.5 Å². The average Bonchev–Trinajstić information content (AvgIpc) is 3.01. The van der Waals surface area contributed by atoms with E-state index in [1.165, 1.54) is 12.5 Å². The fraction of sp³-hybridized carbons (Fsp3) is 0.235. The topological polar surface area (TPSA) is 93.8 Å². The third-order valence-electron chi connectivity index (χ3n) is 3.43. The molecule has 0 spiro atoms. The summed E-state index contributed by atoms with van der Waals surface area (Å²) in [6.45, 7) is 5.69. The van der Waals surface area contributed by atoms with E-state index < -0.39 is 0 Å². The molecule has 0 bridgehead atoms. The van der Waals surface area contributed by atoms with E-state index in [2.05, 4.69) is 25.5 Å². The Morgan fingerprint density at radius 1 is 1.25 bits per heavy atom. The van der Waals surface area contributed by atoms with Gasteiger partial charge in [0.25, 0.3) is 5.91 Å². The number of amides is 1. The summed E-state index contributed by atoms with van der Waals surface area (Å²) < 4.78 is 5.41. The van der Waals surface area contributed by atoms with Gasteiger partial charge in [-0.25, -0.2) is 9.97 Å². The van der Waals surface area contributed by atoms with Gasteiger partial charge in [0.05, 0.1) is 11.3 Å². The lowest BCUT2D eigenvalue weighted by Gasteiger charge is -2.11. The lowest BCUT2D eigenvalue weighted by Crippen LogP contribution is -2.16. The molecule has 24 heavy (non-hydrogen) atoms. The van der Waals surface area contributed by atoms with Gasteiger partial charge in [-0.05, 0) is 24.1 Å². The van der Waals surface area contributed by atoms with Gasteiger partial charge in [-0.3, -0.25) is 4.79 Å². The van der Waals surface area contributed by atoms with Crippen molar-refractivity contribution in [3.63, 3.8) is 0 Å². The second-order valence-electron chi connectivity index (χ2n) is 5.64. The summed E-state index contributed by atoms with van der Waals surface area (Å²) in [4.78, 5) is 20.7. The largest absolute Gasteiger partial charge is 0.421 e. The fourth-order valence-corrected chi connectivity index (χ4v) is 2.32. The Kier molecular flexibility index (Phi) is 4.33. The van der Waals surface area contributed by atoms with Crippen LogP contribution in [0.25, 0.3) is 11.5 Å². The summed E-state index contributed by atoms with van der Waals surface area (Å²) in [5, 5.41) is 10.7. The fourth-order valence-electron chi connectivity index (χ4n) is 2.32. The van der Waals surface area contributed by atoms with E-state index in [9.17, 15) is 4.79 Å². The molecule has 0 fully saturated rings. The number of rotatable bonds is 4. The van der Waals surface area contributed by atoms with Gasteiger partial charge < -0.3 is 9.73 Å². The van der Waals surface area contributed by atoms with Gasteiger partial charge in [0.2, 0.25) is 11.8 Å². The summed E-state index contributed by atoms with van der Waals surface area (Å²) >= 11 is 0. The molecule has 2 heterocycles. The average molecular weight is 323 g/mol. The van der Waals surface area contributed by atoms with Crippen molar-refractivity contribution in [2.75, 3.05) is 5.32 Å². The molecule has 1 N–H and O–H groups in total. The number of benzene rings is 1. The molecule has 0 saturated heterocycles. The number of hydrogen-bond acceptors (Lipinski definition) is 6. The van der Waals surface area contributed by atoms with E-state index in [1.54, 1.807) is 19.1 Å². The maximum Gasteiger partial charge on any atom is 0.259 e. The van der Waals surface area contributed by atoms with Crippen LogP contribution in [0, 0.1) is 6.92 Å². The first kappa shape index (κ1) is 15.8. The molecule has 1 amide bonds. The summed E-state index contributed by atoms with van der Waals surface area (Å²) in [6.07, 6.45) is 2.98. The highest BCUT2D eigenvalue weighted by atomic mass is 16.4. The molecular weight excluding hydrogens is 306 g/mol. The molecule has 0 radical (unpaired) electrons. The van der Waals surface area contributed by atoms with Crippen LogP contribution in [0.4, 0.5) is 5.69 Å². The Morgan fingerprint density at radius 3 is 2.79 bits per heavy atom. The van der Waals surface area contributed by atoms with Gasteiger partial charge in [0.1, 0.15) is 6.33 Å². The Morgan fingerprint density at radius 2 is 2.08 bits per heavy atom. The van der Waals surface area contributed by atoms with Gasteiger partial charge in [0, 0.05) is 24.4 Å². The highest BCUT2D eigenvalue weighted by Gasteiger charge is 2.16. The normalized spacial score (nSPS) is 10.8. The third kappa shape index (κ3) is 3.29. The number of carbonyl (C=O) groups is 1. The Bertz CT molecular complexity index is 873. The SMILES string of the molecule is Cc1nnc(-c2cccc(NC(=O)c3cncnc3C(C)C)c2)o1. The predicted octanol–water partition coefficient (Wildman–Crippen LogP) is 3.21. The van der Waals surface area contributed by atoms with Crippen LogP contribution in [0.1, 0.15) is 41.7 Å². The zero-order chi connectivity index (χ0) is 17.1. The summed E-state index contributed by atoms with van der Waals surface area (Å²) in [7, 11) is 0. The molecule has 0 aliphatic carbocycles. The first-order valence-corrected chi connectivity index (χ1v) is 7.56. The highest BCUT2D eigenvalue weighted by molar-refractivity contribution is 6.05. The second kappa shape index (κ2) is 6.57. The summed E-state index contributed by atoms with van der Waals surface area (Å²) in [5.74, 6) is 0.775. The summed E-state index contributed by atoms with van der Waals surface area (Å²) in [5.41, 5.74) is 2.55. The lowest BCUT2D eigenvalue weighted by atomic mass is 10.0. The van der Waals surface area contributed by atoms with Crippen LogP contribution in [0.3, 0.4) is 0 Å². The van der Waals surface area contributed by atoms with Crippen molar-refractivity contribution < 1.29 is 9.21 Å². The molecule has 0 atom stereocenters. The van der Waals surface area contributed by atoms with Gasteiger partial charge in [0.15, 0.2) is 0 Å². The van der Waals surface area contributed by atoms with Gasteiger partial charge in [-0.15, -0.1) is 10.2 Å². The minimum absolute atomic E-state index is 0.126. The Balaban J connectivity index is 1.85. The van der Waals surface area contributed by atoms with E-state index in [0.717, 1.165) is 5.56 Å². The molecule has 7 heteroatoms. The monoisotopic (exact) mass is 323 g/mol. The molecule has 2 aromatic heterocycles. The number of aryl methyl sites for hydroxylation is 1. The van der Waals surface area contributed by atoms with E-state index in [-0.39, 0.29) is 11.8 Å². The first-order valence-electron chi connectivity index (χ1n) is 7.56. The van der Waals surface area contributed by atoms with Crippen LogP contribution in [-0.4, -0.2) is 26.1 Å². The van der Waals surface area contributed by atoms with Crippen LogP contribution in [0.2, 0.25) is 0 Å². The number of nitrogens with zero attached hydrogens (tertiary/aromatic N) is 4. The van der Waals surface area contributed by atoms with Crippen LogP contribution < -0.4 is 5.32 Å². The molecular formula is C17H17N5O2. The Labute approximate surface area is 139 Å². The molecule has 0 saturated carbocycles. The Hall–Kier alpha value is -3.09. The summed E-state index contributed by atoms with van der Waals surface area (Å²) in [6, 6.07) is 7.23. The number of aromatic nitrogens is 4. The van der Waals surface area contributed by atoms with E-state index in [4.69, 9.17) is 4.42 Å². The van der Waals surface area contributed by atoms with Crippen molar-refractivity contribution in [1.82, 2.24) is 20.2 Å². The lowest BCUT2D eigenvalue weighted by molar-refractivity contribution is 0.102. The zero-order valence-electron chi connectivity index (χ0n) is 13.6. The third-order valence-corrected chi connectivity index (χ3v) is 3.43. The van der Waals surface area contributed by atoms with Gasteiger partial charge >= 0.3 is 0 Å². The predicted molar refractivity (Wildman–Crippen MR) is 88.5 cm³/mol. The van der Waals surface area contributed by atoms with Crippen molar-refractivity contribution >= 4 is 11.6 Å². The quantitative estimate of drug-likeness (QED) is 0.792. The van der Waals surface area contributed by atoms with Crippen molar-refractivity contribution in [2.45, 2.75) is 26.7 Å². The van der Waals surface area contributed by atoms with Crippen LogP contribution in [-0.2, 0) is 0 Å². The van der Waals surface area contributed by atoms with E-state index in [0.29, 0.717) is 28.7 Å². The van der Waals surface area contributed by atoms with Crippen LogP contribution in [0.5, 0.6) is 0 Å². The molecule has 3 aromatic rings. The van der Waals surface area contributed by atoms with E-state index in [1.807, 2.05) is 26.0 Å². The van der Waals surface area contributed by atoms with Crippen molar-refractivity contribution in [1.29, 1.82) is 0 Å². The molecule has 7 nitrogen and oxygen atoms in total. The maximum absolute atomic E-state index is 12.5. The molecule has 0 aliphatic rings. The molecule has 0 aliphatic heterocycles. The molecule has 3 rings (SSSR count). The van der Waals surface area contributed by atoms with E-state index >= 15 is 0 Å². The highest BCUT2D eigenvalue weighted by Crippen LogP contribution is 2.22. The zero-order valence-corrected chi connectivity index (χ0v) is 13.6. The molecule has 0 unspecified atom stereocenters. The standard InChI is InChI=1S/C17H17N5O2/c1-10(2)15-14(8-18-9-19-15)16(23)20-13-6-4-5-12(7-13)17-22-21-11(3)24-17/h4-10H,1-3H3,(H,20,23). The molecule has 122 valence electrons.